The fourth-order valence-corrected chi connectivity index (χ4v) is 3.40. The molecule has 0 saturated carbocycles. The topological polar surface area (TPSA) is 91.5 Å². The zero-order valence-corrected chi connectivity index (χ0v) is 16.1. The maximum absolute atomic E-state index is 11.4. The van der Waals surface area contributed by atoms with Gasteiger partial charge in [-0.1, -0.05) is 54.6 Å². The van der Waals surface area contributed by atoms with E-state index in [0.717, 1.165) is 16.3 Å². The van der Waals surface area contributed by atoms with Gasteiger partial charge in [-0.3, -0.25) is 9.79 Å². The van der Waals surface area contributed by atoms with Gasteiger partial charge >= 0.3 is 7.82 Å². The van der Waals surface area contributed by atoms with E-state index in [1.807, 2.05) is 72.8 Å². The van der Waals surface area contributed by atoms with E-state index < -0.39 is 7.82 Å². The molecule has 2 N–H and O–H groups in total. The van der Waals surface area contributed by atoms with Gasteiger partial charge in [0.2, 0.25) is 0 Å². The van der Waals surface area contributed by atoms with E-state index >= 15 is 0 Å². The zero-order chi connectivity index (χ0) is 20.3. The number of hydrogen-bond acceptors (Lipinski definition) is 4. The lowest BCUT2D eigenvalue weighted by atomic mass is 10.00. The SMILES string of the molecule is O=P(O)(O)Oc1ccc(N=Nc2ccccc2)cc1-c1ccc2ccccc2c1. The standard InChI is InChI=1S/C22H17N2O4P/c25-29(26,27)28-22-13-12-20(24-23-19-8-2-1-3-9-19)15-21(22)18-11-10-16-6-4-5-7-17(16)14-18/h1-15H,(H2,25,26,27). The normalized spacial score (nSPS) is 11.8. The van der Waals surface area contributed by atoms with Gasteiger partial charge in [0.05, 0.1) is 11.4 Å². The monoisotopic (exact) mass is 404 g/mol. The Hall–Kier alpha value is -3.31. The molecule has 0 fully saturated rings. The Balaban J connectivity index is 1.79. The van der Waals surface area contributed by atoms with E-state index in [2.05, 4.69) is 10.2 Å². The molecule has 0 aromatic heterocycles. The van der Waals surface area contributed by atoms with E-state index in [1.165, 1.54) is 6.07 Å². The van der Waals surface area contributed by atoms with Crippen molar-refractivity contribution in [2.45, 2.75) is 0 Å². The molecule has 144 valence electrons. The smallest absolute Gasteiger partial charge is 0.404 e. The number of benzene rings is 4. The van der Waals surface area contributed by atoms with Crippen molar-refractivity contribution >= 4 is 30.0 Å². The Morgan fingerprint density at radius 3 is 2.14 bits per heavy atom. The molecule has 6 nitrogen and oxygen atoms in total. The number of phosphoric acid groups is 1. The highest BCUT2D eigenvalue weighted by atomic mass is 31.2. The zero-order valence-electron chi connectivity index (χ0n) is 15.2. The van der Waals surface area contributed by atoms with Crippen LogP contribution < -0.4 is 4.52 Å². The molecule has 0 bridgehead atoms. The summed E-state index contributed by atoms with van der Waals surface area (Å²) in [5.74, 6) is 0.0762. The average Bonchev–Trinajstić information content (AvgIpc) is 2.72. The maximum Gasteiger partial charge on any atom is 0.524 e. The third-order valence-corrected chi connectivity index (χ3v) is 4.71. The molecule has 0 heterocycles. The molecule has 0 spiro atoms. The van der Waals surface area contributed by atoms with E-state index in [1.54, 1.807) is 12.1 Å². The third-order valence-electron chi connectivity index (χ3n) is 4.28. The lowest BCUT2D eigenvalue weighted by Gasteiger charge is -2.13. The minimum Gasteiger partial charge on any atom is -0.404 e. The first-order valence-electron chi connectivity index (χ1n) is 8.83. The van der Waals surface area contributed by atoms with Crippen molar-refractivity contribution < 1.29 is 18.9 Å². The number of phosphoric ester groups is 1. The first kappa shape index (κ1) is 19.0. The lowest BCUT2D eigenvalue weighted by molar-refractivity contribution is 0.283. The summed E-state index contributed by atoms with van der Waals surface area (Å²) in [5, 5.41) is 10.5. The number of rotatable bonds is 5. The van der Waals surface area contributed by atoms with Crippen LogP contribution in [0.3, 0.4) is 0 Å². The van der Waals surface area contributed by atoms with Crippen molar-refractivity contribution in [3.63, 3.8) is 0 Å². The van der Waals surface area contributed by atoms with Gasteiger partial charge in [-0.15, -0.1) is 0 Å². The summed E-state index contributed by atoms with van der Waals surface area (Å²) in [4.78, 5) is 18.6. The highest BCUT2D eigenvalue weighted by Gasteiger charge is 2.19. The van der Waals surface area contributed by atoms with E-state index in [4.69, 9.17) is 4.52 Å². The molecule has 0 atom stereocenters. The van der Waals surface area contributed by atoms with Crippen LogP contribution in [0.5, 0.6) is 5.75 Å². The van der Waals surface area contributed by atoms with Crippen LogP contribution >= 0.6 is 7.82 Å². The number of nitrogens with zero attached hydrogens (tertiary/aromatic N) is 2. The Labute approximate surface area is 167 Å². The van der Waals surface area contributed by atoms with E-state index in [9.17, 15) is 14.4 Å². The Morgan fingerprint density at radius 1 is 0.690 bits per heavy atom. The maximum atomic E-state index is 11.4. The third kappa shape index (κ3) is 4.76. The van der Waals surface area contributed by atoms with Gasteiger partial charge in [-0.05, 0) is 52.7 Å². The van der Waals surface area contributed by atoms with Gasteiger partial charge in [-0.25, -0.2) is 4.57 Å². The second-order valence-corrected chi connectivity index (χ2v) is 7.52. The van der Waals surface area contributed by atoms with Crippen LogP contribution in [-0.2, 0) is 4.57 Å². The molecule has 29 heavy (non-hydrogen) atoms. The molecule has 4 rings (SSSR count). The van der Waals surface area contributed by atoms with Gasteiger partial charge in [0.25, 0.3) is 0 Å². The van der Waals surface area contributed by atoms with Crippen LogP contribution in [-0.4, -0.2) is 9.79 Å². The van der Waals surface area contributed by atoms with Crippen LogP contribution in [0.2, 0.25) is 0 Å². The molecule has 0 unspecified atom stereocenters. The molecule has 7 heteroatoms. The van der Waals surface area contributed by atoms with Crippen molar-refractivity contribution in [3.8, 4) is 16.9 Å². The summed E-state index contributed by atoms with van der Waals surface area (Å²) in [5.41, 5.74) is 2.51. The summed E-state index contributed by atoms with van der Waals surface area (Å²) in [6.07, 6.45) is 0. The largest absolute Gasteiger partial charge is 0.524 e. The summed E-state index contributed by atoms with van der Waals surface area (Å²) < 4.78 is 16.3. The summed E-state index contributed by atoms with van der Waals surface area (Å²) >= 11 is 0. The summed E-state index contributed by atoms with van der Waals surface area (Å²) in [7, 11) is -4.72. The Kier molecular flexibility index (Phi) is 5.23. The fourth-order valence-electron chi connectivity index (χ4n) is 2.98. The van der Waals surface area contributed by atoms with Gasteiger partial charge in [0.15, 0.2) is 0 Å². The Morgan fingerprint density at radius 2 is 1.38 bits per heavy atom. The molecular formula is C22H17N2O4P. The minimum absolute atomic E-state index is 0.0762. The molecule has 4 aromatic rings. The van der Waals surface area contributed by atoms with Crippen molar-refractivity contribution in [3.05, 3.63) is 91.0 Å². The molecule has 4 aromatic carbocycles. The molecule has 0 saturated heterocycles. The van der Waals surface area contributed by atoms with Gasteiger partial charge in [-0.2, -0.15) is 10.2 Å². The summed E-state index contributed by atoms with van der Waals surface area (Å²) in [6, 6.07) is 27.7. The van der Waals surface area contributed by atoms with Crippen molar-refractivity contribution in [2.75, 3.05) is 0 Å². The van der Waals surface area contributed by atoms with Crippen molar-refractivity contribution in [1.82, 2.24) is 0 Å². The van der Waals surface area contributed by atoms with Crippen LogP contribution in [0, 0.1) is 0 Å². The molecule has 0 amide bonds. The predicted octanol–water partition coefficient (Wildman–Crippen LogP) is 6.39. The van der Waals surface area contributed by atoms with Crippen LogP contribution in [0.4, 0.5) is 11.4 Å². The highest BCUT2D eigenvalue weighted by molar-refractivity contribution is 7.46. The predicted molar refractivity (Wildman–Crippen MR) is 113 cm³/mol. The van der Waals surface area contributed by atoms with Crippen molar-refractivity contribution in [1.29, 1.82) is 0 Å². The van der Waals surface area contributed by atoms with E-state index in [-0.39, 0.29) is 5.75 Å². The van der Waals surface area contributed by atoms with Crippen molar-refractivity contribution in [2.24, 2.45) is 10.2 Å². The fraction of sp³-hybridized carbons (Fsp3) is 0. The van der Waals surface area contributed by atoms with Gasteiger partial charge in [0, 0.05) is 5.56 Å². The first-order valence-corrected chi connectivity index (χ1v) is 10.4. The molecule has 0 aliphatic heterocycles. The molecule has 0 aliphatic carbocycles. The average molecular weight is 404 g/mol. The number of azo groups is 1. The van der Waals surface area contributed by atoms with E-state index in [0.29, 0.717) is 16.9 Å². The molecular weight excluding hydrogens is 387 g/mol. The minimum atomic E-state index is -4.72. The molecule has 0 aliphatic rings. The van der Waals surface area contributed by atoms with Crippen LogP contribution in [0.25, 0.3) is 21.9 Å². The Bertz CT molecular complexity index is 1240. The number of fused-ring (bicyclic) bond motifs is 1. The van der Waals surface area contributed by atoms with Crippen LogP contribution in [0.1, 0.15) is 0 Å². The van der Waals surface area contributed by atoms with Gasteiger partial charge < -0.3 is 4.52 Å². The second kappa shape index (κ2) is 7.97. The summed E-state index contributed by atoms with van der Waals surface area (Å²) in [6.45, 7) is 0. The first-order chi connectivity index (χ1) is 14.0. The highest BCUT2D eigenvalue weighted by Crippen LogP contribution is 2.44. The van der Waals surface area contributed by atoms with Crippen LogP contribution in [0.15, 0.2) is 101 Å². The lowest BCUT2D eigenvalue weighted by Crippen LogP contribution is -1.93. The van der Waals surface area contributed by atoms with Gasteiger partial charge in [0.1, 0.15) is 5.75 Å². The number of hydrogen-bond donors (Lipinski definition) is 2. The second-order valence-electron chi connectivity index (χ2n) is 6.36. The molecule has 0 radical (unpaired) electrons. The quantitative estimate of drug-likeness (QED) is 0.298.